The second-order valence-electron chi connectivity index (χ2n) is 3.19. The van der Waals surface area contributed by atoms with E-state index in [2.05, 4.69) is 6.58 Å². The Morgan fingerprint density at radius 2 is 2.44 bits per heavy atom. The second-order valence-corrected chi connectivity index (χ2v) is 3.71. The smallest absolute Gasteiger partial charge is 0.292 e. The zero-order chi connectivity index (χ0) is 12.0. The maximum atomic E-state index is 11.8. The van der Waals surface area contributed by atoms with Crippen LogP contribution in [0.5, 0.6) is 5.75 Å². The molecule has 2 N–H and O–H groups in total. The molecule has 0 saturated carbocycles. The fourth-order valence-corrected chi connectivity index (χ4v) is 1.27. The van der Waals surface area contributed by atoms with E-state index in [1.54, 1.807) is 24.4 Å². The number of aryl methyl sites for hydroxylation is 1. The highest BCUT2D eigenvalue weighted by molar-refractivity contribution is 7.80. The molecule has 0 fully saturated rings. The number of thiocarbonyl (C=S) groups is 1. The fraction of sp³-hybridized carbons (Fsp3) is 0.273. The van der Waals surface area contributed by atoms with Gasteiger partial charge in [-0.1, -0.05) is 24.9 Å². The first kappa shape index (κ1) is 12.4. The Morgan fingerprint density at radius 1 is 1.69 bits per heavy atom. The van der Waals surface area contributed by atoms with Gasteiger partial charge in [-0.2, -0.15) is 0 Å². The van der Waals surface area contributed by atoms with Gasteiger partial charge in [0.25, 0.3) is 5.56 Å². The number of rotatable bonds is 6. The Kier molecular flexibility index (Phi) is 4.72. The predicted octanol–water partition coefficient (Wildman–Crippen LogP) is 1.09. The lowest BCUT2D eigenvalue weighted by Crippen LogP contribution is -2.23. The molecule has 0 aliphatic heterocycles. The summed E-state index contributed by atoms with van der Waals surface area (Å²) in [6.07, 6.45) is 3.77. The van der Waals surface area contributed by atoms with Crippen LogP contribution in [0.1, 0.15) is 6.42 Å². The minimum atomic E-state index is -0.180. The van der Waals surface area contributed by atoms with Gasteiger partial charge >= 0.3 is 0 Å². The van der Waals surface area contributed by atoms with E-state index in [0.29, 0.717) is 30.3 Å². The van der Waals surface area contributed by atoms with Crippen molar-refractivity contribution in [1.29, 1.82) is 0 Å². The van der Waals surface area contributed by atoms with Crippen molar-refractivity contribution in [3.8, 4) is 5.75 Å². The molecule has 0 amide bonds. The van der Waals surface area contributed by atoms with E-state index in [0.717, 1.165) is 0 Å². The Morgan fingerprint density at radius 3 is 3.06 bits per heavy atom. The van der Waals surface area contributed by atoms with E-state index < -0.39 is 0 Å². The molecule has 0 aliphatic rings. The van der Waals surface area contributed by atoms with Crippen LogP contribution in [0.2, 0.25) is 0 Å². The van der Waals surface area contributed by atoms with Crippen molar-refractivity contribution in [1.82, 2.24) is 4.57 Å². The van der Waals surface area contributed by atoms with Gasteiger partial charge in [0, 0.05) is 19.2 Å². The molecule has 1 rings (SSSR count). The van der Waals surface area contributed by atoms with Gasteiger partial charge < -0.3 is 15.0 Å². The molecule has 1 aromatic heterocycles. The molecule has 86 valence electrons. The first-order valence-corrected chi connectivity index (χ1v) is 5.27. The van der Waals surface area contributed by atoms with Crippen molar-refractivity contribution in [2.45, 2.75) is 13.0 Å². The summed E-state index contributed by atoms with van der Waals surface area (Å²) in [6.45, 7) is 4.31. The highest BCUT2D eigenvalue weighted by Crippen LogP contribution is 2.02. The summed E-state index contributed by atoms with van der Waals surface area (Å²) in [5.74, 6) is 0.310. The van der Waals surface area contributed by atoms with Crippen LogP contribution in [-0.4, -0.2) is 16.2 Å². The molecule has 1 aromatic rings. The number of aromatic nitrogens is 1. The van der Waals surface area contributed by atoms with Crippen LogP contribution in [0, 0.1) is 0 Å². The monoisotopic (exact) mass is 238 g/mol. The number of nitrogens with two attached hydrogens (primary N) is 1. The number of hydrogen-bond donors (Lipinski definition) is 1. The zero-order valence-corrected chi connectivity index (χ0v) is 9.70. The predicted molar refractivity (Wildman–Crippen MR) is 67.8 cm³/mol. The summed E-state index contributed by atoms with van der Waals surface area (Å²) >= 11 is 4.76. The molecule has 0 aliphatic carbocycles. The Labute approximate surface area is 99.3 Å². The van der Waals surface area contributed by atoms with Crippen molar-refractivity contribution in [3.05, 3.63) is 41.3 Å². The molecule has 5 heteroatoms. The quantitative estimate of drug-likeness (QED) is 0.595. The van der Waals surface area contributed by atoms with Gasteiger partial charge in [-0.05, 0) is 12.1 Å². The lowest BCUT2D eigenvalue weighted by molar-refractivity contribution is 0.354. The molecule has 0 saturated heterocycles. The third-order valence-corrected chi connectivity index (χ3v) is 2.15. The molecular weight excluding hydrogens is 224 g/mol. The van der Waals surface area contributed by atoms with Gasteiger partial charge in [0.2, 0.25) is 0 Å². The molecule has 0 spiro atoms. The van der Waals surface area contributed by atoms with Crippen LogP contribution in [0.4, 0.5) is 0 Å². The van der Waals surface area contributed by atoms with E-state index in [-0.39, 0.29) is 5.56 Å². The summed E-state index contributed by atoms with van der Waals surface area (Å²) in [6, 6.07) is 3.38. The maximum absolute atomic E-state index is 11.8. The van der Waals surface area contributed by atoms with Crippen LogP contribution in [-0.2, 0) is 6.54 Å². The van der Waals surface area contributed by atoms with E-state index >= 15 is 0 Å². The molecule has 4 nitrogen and oxygen atoms in total. The van der Waals surface area contributed by atoms with Gasteiger partial charge in [0.05, 0.1) is 4.99 Å². The lowest BCUT2D eigenvalue weighted by atomic mass is 10.4. The topological polar surface area (TPSA) is 57.2 Å². The third-order valence-electron chi connectivity index (χ3n) is 1.94. The van der Waals surface area contributed by atoms with E-state index in [1.807, 2.05) is 0 Å². The van der Waals surface area contributed by atoms with Gasteiger partial charge in [0.1, 0.15) is 6.61 Å². The van der Waals surface area contributed by atoms with Crippen molar-refractivity contribution in [2.24, 2.45) is 5.73 Å². The van der Waals surface area contributed by atoms with E-state index in [9.17, 15) is 4.79 Å². The van der Waals surface area contributed by atoms with Gasteiger partial charge in [0.15, 0.2) is 5.75 Å². The molecule has 0 atom stereocenters. The van der Waals surface area contributed by atoms with Crippen LogP contribution in [0.15, 0.2) is 35.8 Å². The van der Waals surface area contributed by atoms with Crippen LogP contribution in [0.3, 0.4) is 0 Å². The maximum Gasteiger partial charge on any atom is 0.292 e. The van der Waals surface area contributed by atoms with Crippen molar-refractivity contribution >= 4 is 17.2 Å². The lowest BCUT2D eigenvalue weighted by Gasteiger charge is -2.07. The Bertz CT molecular complexity index is 440. The van der Waals surface area contributed by atoms with E-state index in [4.69, 9.17) is 22.7 Å². The molecule has 0 unspecified atom stereocenters. The normalized spacial score (nSPS) is 9.75. The van der Waals surface area contributed by atoms with Crippen molar-refractivity contribution in [3.63, 3.8) is 0 Å². The average Bonchev–Trinajstić information content (AvgIpc) is 2.26. The zero-order valence-electron chi connectivity index (χ0n) is 8.89. The highest BCUT2D eigenvalue weighted by atomic mass is 32.1. The second kappa shape index (κ2) is 6.07. The first-order chi connectivity index (χ1) is 7.65. The number of nitrogens with zero attached hydrogens (tertiary/aromatic N) is 1. The summed E-state index contributed by atoms with van der Waals surface area (Å²) in [5.41, 5.74) is 5.20. The van der Waals surface area contributed by atoms with E-state index in [1.165, 1.54) is 4.57 Å². The summed E-state index contributed by atoms with van der Waals surface area (Å²) in [4.78, 5) is 12.2. The number of pyridine rings is 1. The van der Waals surface area contributed by atoms with Gasteiger partial charge in [-0.25, -0.2) is 0 Å². The summed E-state index contributed by atoms with van der Waals surface area (Å²) in [5, 5.41) is 0. The summed E-state index contributed by atoms with van der Waals surface area (Å²) < 4.78 is 6.74. The van der Waals surface area contributed by atoms with Gasteiger partial charge in [-0.3, -0.25) is 4.79 Å². The Balaban J connectivity index is 2.81. The van der Waals surface area contributed by atoms with Crippen LogP contribution < -0.4 is 16.0 Å². The molecule has 0 aromatic carbocycles. The highest BCUT2D eigenvalue weighted by Gasteiger charge is 2.03. The molecule has 0 radical (unpaired) electrons. The average molecular weight is 238 g/mol. The van der Waals surface area contributed by atoms with Crippen molar-refractivity contribution < 1.29 is 4.74 Å². The SMILES string of the molecule is C=CCOc1cccn(CCC(N)=S)c1=O. The molecule has 0 bridgehead atoms. The van der Waals surface area contributed by atoms with Gasteiger partial charge in [-0.15, -0.1) is 0 Å². The Hall–Kier alpha value is -1.62. The number of hydrogen-bond acceptors (Lipinski definition) is 3. The van der Waals surface area contributed by atoms with Crippen LogP contribution in [0.25, 0.3) is 0 Å². The minimum absolute atomic E-state index is 0.180. The summed E-state index contributed by atoms with van der Waals surface area (Å²) in [7, 11) is 0. The molecular formula is C11H14N2O2S. The fourth-order valence-electron chi connectivity index (χ4n) is 1.18. The molecule has 16 heavy (non-hydrogen) atoms. The minimum Gasteiger partial charge on any atom is -0.484 e. The standard InChI is InChI=1S/C11H14N2O2S/c1-2-8-15-9-4-3-6-13(11(9)14)7-5-10(12)16/h2-4,6H,1,5,7-8H2,(H2,12,16). The largest absolute Gasteiger partial charge is 0.484 e. The third kappa shape index (κ3) is 3.51. The van der Waals surface area contributed by atoms with Crippen molar-refractivity contribution in [2.75, 3.05) is 6.61 Å². The number of ether oxygens (including phenoxy) is 1. The first-order valence-electron chi connectivity index (χ1n) is 4.86. The van der Waals surface area contributed by atoms with Crippen LogP contribution >= 0.6 is 12.2 Å². The molecule has 1 heterocycles.